The summed E-state index contributed by atoms with van der Waals surface area (Å²) in [7, 11) is 1.64. The molecule has 0 saturated carbocycles. The van der Waals surface area contributed by atoms with Gasteiger partial charge in [0.05, 0.1) is 10.9 Å². The summed E-state index contributed by atoms with van der Waals surface area (Å²) in [4.78, 5) is 39.6. The van der Waals surface area contributed by atoms with Gasteiger partial charge in [-0.3, -0.25) is 14.4 Å². The minimum atomic E-state index is -0.550. The average molecular weight is 373 g/mol. The lowest BCUT2D eigenvalue weighted by atomic mass is 10.2. The van der Waals surface area contributed by atoms with E-state index >= 15 is 0 Å². The zero-order valence-electron chi connectivity index (χ0n) is 13.6. The number of esters is 1. The second kappa shape index (κ2) is 9.03. The number of ether oxygens (including phenoxy) is 1. The minimum absolute atomic E-state index is 0.0255. The summed E-state index contributed by atoms with van der Waals surface area (Å²) in [6.45, 7) is 0.576. The Kier molecular flexibility index (Phi) is 7.05. The van der Waals surface area contributed by atoms with Gasteiger partial charge < -0.3 is 14.5 Å². The maximum atomic E-state index is 12.0. The van der Waals surface area contributed by atoms with E-state index in [1.165, 1.54) is 21.1 Å². The first-order chi connectivity index (χ1) is 11.5. The van der Waals surface area contributed by atoms with Gasteiger partial charge in [-0.05, 0) is 25.0 Å². The fourth-order valence-electron chi connectivity index (χ4n) is 2.42. The van der Waals surface area contributed by atoms with E-state index in [0.29, 0.717) is 23.8 Å². The summed E-state index contributed by atoms with van der Waals surface area (Å²) < 4.78 is 5.68. The number of rotatable bonds is 6. The summed E-state index contributed by atoms with van der Waals surface area (Å²) >= 11 is 7.26. The lowest BCUT2D eigenvalue weighted by Crippen LogP contribution is -2.37. The highest BCUT2D eigenvalue weighted by Crippen LogP contribution is 2.22. The molecule has 1 saturated heterocycles. The summed E-state index contributed by atoms with van der Waals surface area (Å²) in [5.41, 5.74) is 0. The van der Waals surface area contributed by atoms with E-state index in [1.807, 2.05) is 6.07 Å². The van der Waals surface area contributed by atoms with Crippen LogP contribution in [0.25, 0.3) is 0 Å². The molecule has 1 aliphatic heterocycles. The van der Waals surface area contributed by atoms with Crippen LogP contribution >= 0.6 is 22.9 Å². The SMILES string of the molecule is CN(Cc1ccc(Cl)s1)C(=O)COC(=O)CN1CCCCCC1=O. The third-order valence-corrected chi connectivity index (χ3v) is 5.01. The van der Waals surface area contributed by atoms with Gasteiger partial charge in [0.15, 0.2) is 6.61 Å². The second-order valence-electron chi connectivity index (χ2n) is 5.74. The maximum absolute atomic E-state index is 12.0. The highest BCUT2D eigenvalue weighted by atomic mass is 35.5. The van der Waals surface area contributed by atoms with E-state index in [9.17, 15) is 14.4 Å². The molecule has 0 N–H and O–H groups in total. The third kappa shape index (κ3) is 5.79. The summed E-state index contributed by atoms with van der Waals surface area (Å²) in [5.74, 6) is -0.872. The van der Waals surface area contributed by atoms with Gasteiger partial charge in [0.2, 0.25) is 5.91 Å². The first kappa shape index (κ1) is 18.7. The van der Waals surface area contributed by atoms with Crippen LogP contribution in [0.15, 0.2) is 12.1 Å². The van der Waals surface area contributed by atoms with Crippen LogP contribution in [0, 0.1) is 0 Å². The number of thiophene rings is 1. The maximum Gasteiger partial charge on any atom is 0.326 e. The van der Waals surface area contributed by atoms with E-state index in [0.717, 1.165) is 24.1 Å². The van der Waals surface area contributed by atoms with Gasteiger partial charge in [-0.25, -0.2) is 0 Å². The predicted molar refractivity (Wildman–Crippen MR) is 91.8 cm³/mol. The van der Waals surface area contributed by atoms with Crippen molar-refractivity contribution in [3.63, 3.8) is 0 Å². The number of likely N-dealkylation sites (N-methyl/N-ethyl adjacent to an activating group) is 1. The zero-order valence-corrected chi connectivity index (χ0v) is 15.2. The van der Waals surface area contributed by atoms with Crippen LogP contribution in [0.1, 0.15) is 30.6 Å². The molecule has 0 unspecified atom stereocenters. The third-order valence-electron chi connectivity index (χ3n) is 3.80. The van der Waals surface area contributed by atoms with Gasteiger partial charge in [-0.15, -0.1) is 11.3 Å². The highest BCUT2D eigenvalue weighted by molar-refractivity contribution is 7.16. The number of hydrogen-bond donors (Lipinski definition) is 0. The molecule has 24 heavy (non-hydrogen) atoms. The standard InChI is InChI=1S/C16H21ClN2O4S/c1-18(9-12-6-7-13(17)24-12)15(21)11-23-16(22)10-19-8-4-2-3-5-14(19)20/h6-7H,2-5,8-11H2,1H3. The van der Waals surface area contributed by atoms with Crippen molar-refractivity contribution >= 4 is 40.7 Å². The van der Waals surface area contributed by atoms with Gasteiger partial charge in [0.25, 0.3) is 5.91 Å². The fourth-order valence-corrected chi connectivity index (χ4v) is 3.56. The number of amides is 2. The molecule has 1 aromatic rings. The highest BCUT2D eigenvalue weighted by Gasteiger charge is 2.21. The van der Waals surface area contributed by atoms with Gasteiger partial charge >= 0.3 is 5.97 Å². The van der Waals surface area contributed by atoms with E-state index < -0.39 is 5.97 Å². The van der Waals surface area contributed by atoms with Crippen LogP contribution in [-0.2, 0) is 25.7 Å². The van der Waals surface area contributed by atoms with Crippen molar-refractivity contribution in [1.29, 1.82) is 0 Å². The molecule has 132 valence electrons. The van der Waals surface area contributed by atoms with Crippen LogP contribution < -0.4 is 0 Å². The number of carbonyl (C=O) groups excluding carboxylic acids is 3. The van der Waals surface area contributed by atoms with Crippen molar-refractivity contribution < 1.29 is 19.1 Å². The van der Waals surface area contributed by atoms with Crippen LogP contribution in [0.2, 0.25) is 4.34 Å². The molecule has 2 rings (SSSR count). The van der Waals surface area contributed by atoms with Crippen molar-refractivity contribution in [2.45, 2.75) is 32.2 Å². The lowest BCUT2D eigenvalue weighted by molar-refractivity contribution is -0.154. The van der Waals surface area contributed by atoms with Crippen molar-refractivity contribution in [2.24, 2.45) is 0 Å². The molecule has 1 aliphatic rings. The van der Waals surface area contributed by atoms with Crippen LogP contribution in [-0.4, -0.2) is 54.3 Å². The van der Waals surface area contributed by atoms with Gasteiger partial charge in [0, 0.05) is 24.9 Å². The number of halogens is 1. The van der Waals surface area contributed by atoms with Gasteiger partial charge in [-0.2, -0.15) is 0 Å². The monoisotopic (exact) mass is 372 g/mol. The number of hydrogen-bond acceptors (Lipinski definition) is 5. The van der Waals surface area contributed by atoms with E-state index in [1.54, 1.807) is 13.1 Å². The normalized spacial score (nSPS) is 15.1. The fraction of sp³-hybridized carbons (Fsp3) is 0.562. The van der Waals surface area contributed by atoms with E-state index in [2.05, 4.69) is 0 Å². The minimum Gasteiger partial charge on any atom is -0.454 e. The quantitative estimate of drug-likeness (QED) is 0.719. The Balaban J connectivity index is 1.73. The largest absolute Gasteiger partial charge is 0.454 e. The molecule has 0 aromatic carbocycles. The summed E-state index contributed by atoms with van der Waals surface area (Å²) in [6, 6.07) is 3.63. The lowest BCUT2D eigenvalue weighted by Gasteiger charge is -2.20. The van der Waals surface area contributed by atoms with Crippen LogP contribution in [0.3, 0.4) is 0 Å². The Morgan fingerprint density at radius 3 is 2.83 bits per heavy atom. The number of nitrogens with zero attached hydrogens (tertiary/aromatic N) is 2. The van der Waals surface area contributed by atoms with Crippen molar-refractivity contribution in [1.82, 2.24) is 9.80 Å². The second-order valence-corrected chi connectivity index (χ2v) is 7.54. The number of likely N-dealkylation sites (tertiary alicyclic amines) is 1. The predicted octanol–water partition coefficient (Wildman–Crippen LogP) is 2.31. The molecule has 1 aromatic heterocycles. The van der Waals surface area contributed by atoms with Crippen molar-refractivity contribution in [2.75, 3.05) is 26.7 Å². The molecular weight excluding hydrogens is 352 g/mol. The zero-order chi connectivity index (χ0) is 17.5. The summed E-state index contributed by atoms with van der Waals surface area (Å²) in [6.07, 6.45) is 3.22. The van der Waals surface area contributed by atoms with Crippen LogP contribution in [0.4, 0.5) is 0 Å². The first-order valence-electron chi connectivity index (χ1n) is 7.87. The average Bonchev–Trinajstić information content (AvgIpc) is 2.84. The Labute approximate surface area is 150 Å². The topological polar surface area (TPSA) is 66.9 Å². The van der Waals surface area contributed by atoms with E-state index in [4.69, 9.17) is 16.3 Å². The molecule has 0 bridgehead atoms. The molecule has 2 amide bonds. The summed E-state index contributed by atoms with van der Waals surface area (Å²) in [5, 5.41) is 0. The molecular formula is C16H21ClN2O4S. The van der Waals surface area contributed by atoms with Crippen molar-refractivity contribution in [3.8, 4) is 0 Å². The molecule has 1 fully saturated rings. The van der Waals surface area contributed by atoms with Gasteiger partial charge in [0.1, 0.15) is 6.54 Å². The molecule has 8 heteroatoms. The molecule has 0 radical (unpaired) electrons. The van der Waals surface area contributed by atoms with Gasteiger partial charge in [-0.1, -0.05) is 18.0 Å². The first-order valence-corrected chi connectivity index (χ1v) is 9.06. The Hall–Kier alpha value is -1.60. The van der Waals surface area contributed by atoms with Crippen molar-refractivity contribution in [3.05, 3.63) is 21.3 Å². The number of carbonyl (C=O) groups is 3. The Morgan fingerprint density at radius 1 is 1.33 bits per heavy atom. The molecule has 0 aliphatic carbocycles. The smallest absolute Gasteiger partial charge is 0.326 e. The molecule has 6 nitrogen and oxygen atoms in total. The van der Waals surface area contributed by atoms with Crippen LogP contribution in [0.5, 0.6) is 0 Å². The van der Waals surface area contributed by atoms with E-state index in [-0.39, 0.29) is 25.0 Å². The Bertz CT molecular complexity index is 605. The Morgan fingerprint density at radius 2 is 2.12 bits per heavy atom. The molecule has 0 spiro atoms. The molecule has 0 atom stereocenters. The molecule has 2 heterocycles.